The first-order chi connectivity index (χ1) is 9.92. The van der Waals surface area contributed by atoms with Crippen LogP contribution in [0.5, 0.6) is 0 Å². The van der Waals surface area contributed by atoms with Crippen LogP contribution in [0.4, 0.5) is 5.82 Å². The summed E-state index contributed by atoms with van der Waals surface area (Å²) in [7, 11) is 0. The summed E-state index contributed by atoms with van der Waals surface area (Å²) >= 11 is 0. The smallest absolute Gasteiger partial charge is 0.132 e. The van der Waals surface area contributed by atoms with Crippen molar-refractivity contribution in [2.24, 2.45) is 0 Å². The fourth-order valence-electron chi connectivity index (χ4n) is 3.44. The van der Waals surface area contributed by atoms with E-state index in [1.807, 2.05) is 0 Å². The minimum Gasteiger partial charge on any atom is -0.369 e. The largest absolute Gasteiger partial charge is 0.369 e. The third kappa shape index (κ3) is 1.98. The summed E-state index contributed by atoms with van der Waals surface area (Å²) in [6, 6.07) is 8.75. The Labute approximate surface area is 119 Å². The molecule has 2 aliphatic rings. The monoisotopic (exact) mass is 265 g/mol. The molecule has 0 aliphatic heterocycles. The lowest BCUT2D eigenvalue weighted by Gasteiger charge is -2.30. The summed E-state index contributed by atoms with van der Waals surface area (Å²) in [5.74, 6) is 1.71. The molecular weight excluding hydrogens is 246 g/mol. The first kappa shape index (κ1) is 11.9. The van der Waals surface area contributed by atoms with E-state index < -0.39 is 0 Å². The van der Waals surface area contributed by atoms with E-state index in [9.17, 15) is 0 Å². The number of nitrogens with zero attached hydrogens (tertiary/aromatic N) is 2. The zero-order valence-corrected chi connectivity index (χ0v) is 11.6. The predicted octanol–water partition coefficient (Wildman–Crippen LogP) is 3.11. The molecule has 3 heteroatoms. The number of anilines is 1. The molecule has 102 valence electrons. The van der Waals surface area contributed by atoms with Crippen LogP contribution in [0.1, 0.15) is 41.1 Å². The van der Waals surface area contributed by atoms with Crippen molar-refractivity contribution in [3.05, 3.63) is 53.0 Å². The minimum absolute atomic E-state index is 0.639. The molecule has 0 saturated carbocycles. The quantitative estimate of drug-likeness (QED) is 0.926. The SMILES string of the molecule is c1ccc2c(c1)CC2CNc1ncnc2c1CCCC2. The number of aromatic nitrogens is 2. The standard InChI is InChI=1S/C17H19N3/c1-2-6-14-12(5-1)9-13(14)10-18-17-15-7-3-4-8-16(15)19-11-20-17/h1-2,5-6,11,13H,3-4,7-10H2,(H,18,19,20). The third-order valence-corrected chi connectivity index (χ3v) is 4.60. The Morgan fingerprint density at radius 1 is 1.10 bits per heavy atom. The van der Waals surface area contributed by atoms with E-state index in [4.69, 9.17) is 0 Å². The Balaban J connectivity index is 1.49. The van der Waals surface area contributed by atoms with Gasteiger partial charge < -0.3 is 5.32 Å². The zero-order valence-electron chi connectivity index (χ0n) is 11.6. The maximum absolute atomic E-state index is 4.46. The van der Waals surface area contributed by atoms with E-state index in [-0.39, 0.29) is 0 Å². The van der Waals surface area contributed by atoms with Gasteiger partial charge in [0.25, 0.3) is 0 Å². The van der Waals surface area contributed by atoms with Crippen molar-refractivity contribution in [2.75, 3.05) is 11.9 Å². The highest BCUT2D eigenvalue weighted by Crippen LogP contribution is 2.35. The number of hydrogen-bond donors (Lipinski definition) is 1. The number of rotatable bonds is 3. The van der Waals surface area contributed by atoms with Crippen molar-refractivity contribution in [2.45, 2.75) is 38.0 Å². The molecule has 0 bridgehead atoms. The lowest BCUT2D eigenvalue weighted by molar-refractivity contribution is 0.629. The number of fused-ring (bicyclic) bond motifs is 2. The molecule has 2 aliphatic carbocycles. The summed E-state index contributed by atoms with van der Waals surface area (Å²) in [5.41, 5.74) is 5.61. The Bertz CT molecular complexity index is 636. The second kappa shape index (κ2) is 4.89. The van der Waals surface area contributed by atoms with Crippen LogP contribution in [0.15, 0.2) is 30.6 Å². The molecule has 0 spiro atoms. The van der Waals surface area contributed by atoms with Crippen LogP contribution in [0.25, 0.3) is 0 Å². The number of aryl methyl sites for hydroxylation is 1. The maximum Gasteiger partial charge on any atom is 0.132 e. The molecule has 4 rings (SSSR count). The lowest BCUT2D eigenvalue weighted by Crippen LogP contribution is -2.25. The molecule has 0 amide bonds. The number of benzene rings is 1. The Morgan fingerprint density at radius 3 is 2.95 bits per heavy atom. The van der Waals surface area contributed by atoms with E-state index >= 15 is 0 Å². The third-order valence-electron chi connectivity index (χ3n) is 4.60. The summed E-state index contributed by atoms with van der Waals surface area (Å²) in [5, 5.41) is 3.56. The van der Waals surface area contributed by atoms with Gasteiger partial charge in [0.05, 0.1) is 0 Å². The fraction of sp³-hybridized carbons (Fsp3) is 0.412. The first-order valence-electron chi connectivity index (χ1n) is 7.56. The molecule has 3 nitrogen and oxygen atoms in total. The lowest BCUT2D eigenvalue weighted by atomic mass is 9.77. The minimum atomic E-state index is 0.639. The van der Waals surface area contributed by atoms with Gasteiger partial charge in [0, 0.05) is 23.7 Å². The van der Waals surface area contributed by atoms with Gasteiger partial charge in [-0.3, -0.25) is 0 Å². The van der Waals surface area contributed by atoms with Crippen LogP contribution in [-0.2, 0) is 19.3 Å². The summed E-state index contributed by atoms with van der Waals surface area (Å²) < 4.78 is 0. The van der Waals surface area contributed by atoms with E-state index in [1.54, 1.807) is 6.33 Å². The second-order valence-electron chi connectivity index (χ2n) is 5.84. The van der Waals surface area contributed by atoms with Crippen LogP contribution in [0.2, 0.25) is 0 Å². The highest BCUT2D eigenvalue weighted by molar-refractivity contribution is 5.49. The highest BCUT2D eigenvalue weighted by atomic mass is 15.0. The Kier molecular flexibility index (Phi) is 2.91. The molecule has 20 heavy (non-hydrogen) atoms. The fourth-order valence-corrected chi connectivity index (χ4v) is 3.44. The van der Waals surface area contributed by atoms with Crippen LogP contribution in [0, 0.1) is 0 Å². The molecule has 1 aromatic carbocycles. The normalized spacial score (nSPS) is 19.7. The summed E-state index contributed by atoms with van der Waals surface area (Å²) in [4.78, 5) is 8.88. The van der Waals surface area contributed by atoms with Gasteiger partial charge >= 0.3 is 0 Å². The molecule has 1 unspecified atom stereocenters. The highest BCUT2D eigenvalue weighted by Gasteiger charge is 2.25. The van der Waals surface area contributed by atoms with Gasteiger partial charge in [-0.05, 0) is 43.2 Å². The van der Waals surface area contributed by atoms with Gasteiger partial charge in [0.15, 0.2) is 0 Å². The van der Waals surface area contributed by atoms with Crippen LogP contribution in [0.3, 0.4) is 0 Å². The van der Waals surface area contributed by atoms with Crippen molar-refractivity contribution in [3.8, 4) is 0 Å². The van der Waals surface area contributed by atoms with Crippen LogP contribution < -0.4 is 5.32 Å². The molecule has 1 atom stereocenters. The van der Waals surface area contributed by atoms with Gasteiger partial charge in [-0.2, -0.15) is 0 Å². The average molecular weight is 265 g/mol. The molecule has 1 heterocycles. The zero-order chi connectivity index (χ0) is 13.4. The van der Waals surface area contributed by atoms with Crippen molar-refractivity contribution >= 4 is 5.82 Å². The average Bonchev–Trinajstić information content (AvgIpc) is 2.48. The predicted molar refractivity (Wildman–Crippen MR) is 80.1 cm³/mol. The van der Waals surface area contributed by atoms with Gasteiger partial charge in [-0.15, -0.1) is 0 Å². The van der Waals surface area contributed by atoms with E-state index in [0.29, 0.717) is 5.92 Å². The van der Waals surface area contributed by atoms with E-state index in [1.165, 1.54) is 41.6 Å². The van der Waals surface area contributed by atoms with Gasteiger partial charge in [0.1, 0.15) is 12.1 Å². The van der Waals surface area contributed by atoms with E-state index in [2.05, 4.69) is 39.6 Å². The van der Waals surface area contributed by atoms with E-state index in [0.717, 1.165) is 25.2 Å². The molecule has 2 aromatic rings. The maximum atomic E-state index is 4.46. The molecule has 1 aromatic heterocycles. The summed E-state index contributed by atoms with van der Waals surface area (Å²) in [6.07, 6.45) is 7.66. The Morgan fingerprint density at radius 2 is 2.00 bits per heavy atom. The Hall–Kier alpha value is -1.90. The molecule has 1 N–H and O–H groups in total. The first-order valence-corrected chi connectivity index (χ1v) is 7.56. The van der Waals surface area contributed by atoms with Gasteiger partial charge in [-0.25, -0.2) is 9.97 Å². The van der Waals surface area contributed by atoms with Crippen LogP contribution in [-0.4, -0.2) is 16.5 Å². The van der Waals surface area contributed by atoms with Crippen molar-refractivity contribution < 1.29 is 0 Å². The molecular formula is C17H19N3. The number of hydrogen-bond acceptors (Lipinski definition) is 3. The second-order valence-corrected chi connectivity index (χ2v) is 5.84. The van der Waals surface area contributed by atoms with Gasteiger partial charge in [-0.1, -0.05) is 24.3 Å². The number of nitrogens with one attached hydrogen (secondary N) is 1. The van der Waals surface area contributed by atoms with Crippen molar-refractivity contribution in [1.29, 1.82) is 0 Å². The topological polar surface area (TPSA) is 37.8 Å². The van der Waals surface area contributed by atoms with Crippen molar-refractivity contribution in [1.82, 2.24) is 9.97 Å². The molecule has 0 saturated heterocycles. The molecule has 0 fully saturated rings. The summed E-state index contributed by atoms with van der Waals surface area (Å²) in [6.45, 7) is 0.987. The van der Waals surface area contributed by atoms with Crippen LogP contribution >= 0.6 is 0 Å². The van der Waals surface area contributed by atoms with Gasteiger partial charge in [0.2, 0.25) is 0 Å². The van der Waals surface area contributed by atoms with Crippen molar-refractivity contribution in [3.63, 3.8) is 0 Å². The molecule has 0 radical (unpaired) electrons.